The van der Waals surface area contributed by atoms with E-state index in [-0.39, 0.29) is 0 Å². The Hall–Kier alpha value is -0.540. The highest BCUT2D eigenvalue weighted by molar-refractivity contribution is 6.30. The molecule has 0 aromatic carbocycles. The highest BCUT2D eigenvalue weighted by Gasteiger charge is 2.28. The van der Waals surface area contributed by atoms with Crippen molar-refractivity contribution in [1.29, 1.82) is 0 Å². The normalized spacial score (nSPS) is 24.2. The van der Waals surface area contributed by atoms with E-state index in [9.17, 15) is 0 Å². The quantitative estimate of drug-likeness (QED) is 0.856. The van der Waals surface area contributed by atoms with Gasteiger partial charge in [-0.2, -0.15) is 5.10 Å². The fourth-order valence-corrected chi connectivity index (χ4v) is 4.04. The topological polar surface area (TPSA) is 29.9 Å². The fraction of sp³-hybridized carbons (Fsp3) is 0.824. The molecule has 1 saturated carbocycles. The Morgan fingerprint density at radius 2 is 1.95 bits per heavy atom. The molecule has 0 amide bonds. The van der Waals surface area contributed by atoms with Crippen molar-refractivity contribution in [2.45, 2.75) is 65.3 Å². The van der Waals surface area contributed by atoms with Crippen molar-refractivity contribution >= 4 is 11.6 Å². The van der Waals surface area contributed by atoms with E-state index in [2.05, 4.69) is 31.2 Å². The first-order valence-electron chi connectivity index (χ1n) is 8.48. The summed E-state index contributed by atoms with van der Waals surface area (Å²) in [6, 6.07) is 0.535. The summed E-state index contributed by atoms with van der Waals surface area (Å²) in [6.45, 7) is 7.61. The smallest absolute Gasteiger partial charge is 0.130 e. The molecule has 3 nitrogen and oxygen atoms in total. The van der Waals surface area contributed by atoms with Crippen LogP contribution in [0.5, 0.6) is 0 Å². The van der Waals surface area contributed by atoms with Crippen molar-refractivity contribution in [2.75, 3.05) is 6.54 Å². The Morgan fingerprint density at radius 3 is 2.43 bits per heavy atom. The van der Waals surface area contributed by atoms with E-state index in [1.165, 1.54) is 37.7 Å². The number of nitrogens with one attached hydrogen (secondary N) is 1. The molecule has 0 radical (unpaired) electrons. The summed E-state index contributed by atoms with van der Waals surface area (Å²) < 4.78 is 1.79. The van der Waals surface area contributed by atoms with Gasteiger partial charge in [0.15, 0.2) is 0 Å². The maximum absolute atomic E-state index is 6.42. The lowest BCUT2D eigenvalue weighted by Gasteiger charge is -2.34. The molecular formula is C17H30ClN3. The van der Waals surface area contributed by atoms with Gasteiger partial charge in [-0.25, -0.2) is 0 Å². The first-order chi connectivity index (χ1) is 10.1. The molecule has 2 rings (SSSR count). The molecule has 1 N–H and O–H groups in total. The average molecular weight is 312 g/mol. The zero-order valence-electron chi connectivity index (χ0n) is 14.0. The van der Waals surface area contributed by atoms with Crippen LogP contribution in [0.2, 0.25) is 5.15 Å². The zero-order valence-corrected chi connectivity index (χ0v) is 14.7. The minimum absolute atomic E-state index is 0.535. The summed E-state index contributed by atoms with van der Waals surface area (Å²) in [5, 5.41) is 8.96. The maximum atomic E-state index is 6.42. The van der Waals surface area contributed by atoms with Crippen molar-refractivity contribution in [3.63, 3.8) is 0 Å². The Balaban J connectivity index is 2.05. The molecule has 0 saturated heterocycles. The van der Waals surface area contributed by atoms with Crippen LogP contribution < -0.4 is 5.32 Å². The molecule has 1 unspecified atom stereocenters. The predicted molar refractivity (Wildman–Crippen MR) is 89.9 cm³/mol. The molecule has 120 valence electrons. The van der Waals surface area contributed by atoms with Gasteiger partial charge in [0.05, 0.1) is 5.69 Å². The van der Waals surface area contributed by atoms with Crippen molar-refractivity contribution in [2.24, 2.45) is 18.9 Å². The number of rotatable bonds is 6. The van der Waals surface area contributed by atoms with E-state index in [0.717, 1.165) is 35.6 Å². The van der Waals surface area contributed by atoms with Gasteiger partial charge in [-0.15, -0.1) is 0 Å². The van der Waals surface area contributed by atoms with Crippen LogP contribution in [-0.2, 0) is 13.5 Å². The lowest BCUT2D eigenvalue weighted by Crippen LogP contribution is -2.39. The van der Waals surface area contributed by atoms with Gasteiger partial charge >= 0.3 is 0 Å². The summed E-state index contributed by atoms with van der Waals surface area (Å²) >= 11 is 6.42. The molecule has 1 aromatic heterocycles. The van der Waals surface area contributed by atoms with Crippen LogP contribution in [0.15, 0.2) is 0 Å². The first kappa shape index (κ1) is 16.8. The molecule has 0 spiro atoms. The van der Waals surface area contributed by atoms with Gasteiger partial charge < -0.3 is 5.32 Å². The van der Waals surface area contributed by atoms with Gasteiger partial charge in [0.1, 0.15) is 5.15 Å². The largest absolute Gasteiger partial charge is 0.314 e. The lowest BCUT2D eigenvalue weighted by molar-refractivity contribution is 0.218. The SMILES string of the molecule is CCNC(Cc1c(C)nn(C)c1Cl)C1CCC(CC)CC1. The molecule has 1 atom stereocenters. The number of aromatic nitrogens is 2. The van der Waals surface area contributed by atoms with Crippen molar-refractivity contribution in [3.05, 3.63) is 16.4 Å². The maximum Gasteiger partial charge on any atom is 0.130 e. The minimum atomic E-state index is 0.535. The third-order valence-corrected chi connectivity index (χ3v) is 5.67. The third kappa shape index (κ3) is 4.01. The van der Waals surface area contributed by atoms with E-state index in [0.29, 0.717) is 6.04 Å². The van der Waals surface area contributed by atoms with Crippen LogP contribution in [-0.4, -0.2) is 22.4 Å². The highest BCUT2D eigenvalue weighted by Crippen LogP contribution is 2.34. The number of nitrogens with zero attached hydrogens (tertiary/aromatic N) is 2. The Labute approximate surface area is 134 Å². The molecular weight excluding hydrogens is 282 g/mol. The molecule has 1 heterocycles. The summed E-state index contributed by atoms with van der Waals surface area (Å²) in [7, 11) is 1.92. The molecule has 1 aliphatic carbocycles. The Bertz CT molecular complexity index is 447. The van der Waals surface area contributed by atoms with Gasteiger partial charge in [-0.1, -0.05) is 44.7 Å². The van der Waals surface area contributed by atoms with Gasteiger partial charge in [0.25, 0.3) is 0 Å². The number of likely N-dealkylation sites (N-methyl/N-ethyl adjacent to an activating group) is 1. The molecule has 0 aliphatic heterocycles. The number of hydrogen-bond donors (Lipinski definition) is 1. The lowest BCUT2D eigenvalue weighted by atomic mass is 9.76. The van der Waals surface area contributed by atoms with Crippen LogP contribution in [0.25, 0.3) is 0 Å². The highest BCUT2D eigenvalue weighted by atomic mass is 35.5. The molecule has 0 bridgehead atoms. The Morgan fingerprint density at radius 1 is 1.29 bits per heavy atom. The number of hydrogen-bond acceptors (Lipinski definition) is 2. The van der Waals surface area contributed by atoms with E-state index < -0.39 is 0 Å². The van der Waals surface area contributed by atoms with Crippen LogP contribution in [0.4, 0.5) is 0 Å². The first-order valence-corrected chi connectivity index (χ1v) is 8.85. The number of halogens is 1. The second-order valence-corrected chi connectivity index (χ2v) is 6.89. The van der Waals surface area contributed by atoms with E-state index in [1.54, 1.807) is 4.68 Å². The summed E-state index contributed by atoms with van der Waals surface area (Å²) in [5.41, 5.74) is 2.30. The summed E-state index contributed by atoms with van der Waals surface area (Å²) in [4.78, 5) is 0. The Kier molecular flexibility index (Phi) is 6.12. The third-order valence-electron chi connectivity index (χ3n) is 5.20. The zero-order chi connectivity index (χ0) is 15.4. The van der Waals surface area contributed by atoms with E-state index in [4.69, 9.17) is 11.6 Å². The van der Waals surface area contributed by atoms with Crippen LogP contribution in [0.3, 0.4) is 0 Å². The molecule has 1 aliphatic rings. The second-order valence-electron chi connectivity index (χ2n) is 6.54. The number of aryl methyl sites for hydroxylation is 2. The summed E-state index contributed by atoms with van der Waals surface area (Å²) in [6.07, 6.45) is 7.84. The monoisotopic (exact) mass is 311 g/mol. The van der Waals surface area contributed by atoms with Gasteiger partial charge in [-0.05, 0) is 44.6 Å². The van der Waals surface area contributed by atoms with Crippen LogP contribution in [0, 0.1) is 18.8 Å². The molecule has 1 fully saturated rings. The van der Waals surface area contributed by atoms with Gasteiger partial charge in [-0.3, -0.25) is 4.68 Å². The van der Waals surface area contributed by atoms with Crippen molar-refractivity contribution in [3.8, 4) is 0 Å². The van der Waals surface area contributed by atoms with Gasteiger partial charge in [0, 0.05) is 18.7 Å². The molecule has 1 aromatic rings. The standard InChI is InChI=1S/C17H30ClN3/c1-5-13-7-9-14(10-8-13)16(19-6-2)11-15-12(3)20-21(4)17(15)18/h13-14,16,19H,5-11H2,1-4H3. The molecule has 21 heavy (non-hydrogen) atoms. The van der Waals surface area contributed by atoms with Crippen LogP contribution >= 0.6 is 11.6 Å². The average Bonchev–Trinajstić information content (AvgIpc) is 2.73. The van der Waals surface area contributed by atoms with E-state index in [1.807, 2.05) is 7.05 Å². The van der Waals surface area contributed by atoms with Crippen molar-refractivity contribution < 1.29 is 0 Å². The van der Waals surface area contributed by atoms with Crippen molar-refractivity contribution in [1.82, 2.24) is 15.1 Å². The predicted octanol–water partition coefficient (Wildman–Crippen LogP) is 4.12. The molecule has 4 heteroatoms. The minimum Gasteiger partial charge on any atom is -0.314 e. The second kappa shape index (κ2) is 7.64. The summed E-state index contributed by atoms with van der Waals surface area (Å²) in [5.74, 6) is 1.73. The van der Waals surface area contributed by atoms with Gasteiger partial charge in [0.2, 0.25) is 0 Å². The van der Waals surface area contributed by atoms with Crippen LogP contribution in [0.1, 0.15) is 57.2 Å². The fourth-order valence-electron chi connectivity index (χ4n) is 3.79. The van der Waals surface area contributed by atoms with E-state index >= 15 is 0 Å².